The molecule has 0 saturated heterocycles. The monoisotopic (exact) mass is 444 g/mol. The van der Waals surface area contributed by atoms with Crippen LogP contribution >= 0.6 is 0 Å². The first-order valence-electron chi connectivity index (χ1n) is 10.4. The summed E-state index contributed by atoms with van der Waals surface area (Å²) < 4.78 is 11.2. The summed E-state index contributed by atoms with van der Waals surface area (Å²) in [5, 5.41) is 11.1. The molecule has 4 aromatic rings. The summed E-state index contributed by atoms with van der Waals surface area (Å²) in [5.74, 6) is 0.753. The van der Waals surface area contributed by atoms with Crippen LogP contribution in [0.3, 0.4) is 0 Å². The number of benzene rings is 2. The van der Waals surface area contributed by atoms with Gasteiger partial charge in [0.1, 0.15) is 17.2 Å². The molecule has 2 N–H and O–H groups in total. The van der Waals surface area contributed by atoms with Crippen molar-refractivity contribution < 1.29 is 18.8 Å². The lowest BCUT2D eigenvalue weighted by Crippen LogP contribution is -2.18. The third-order valence-corrected chi connectivity index (χ3v) is 5.02. The van der Waals surface area contributed by atoms with Gasteiger partial charge in [-0.1, -0.05) is 38.1 Å². The number of nitrogens with one attached hydrogen (secondary N) is 2. The van der Waals surface area contributed by atoms with Crippen molar-refractivity contribution >= 4 is 28.5 Å². The number of nitrogens with zero attached hydrogens (tertiary/aromatic N) is 2. The number of anilines is 1. The second kappa shape index (κ2) is 8.74. The third kappa shape index (κ3) is 5.01. The zero-order valence-electron chi connectivity index (χ0n) is 18.8. The summed E-state index contributed by atoms with van der Waals surface area (Å²) in [6, 6.07) is 15.9. The average Bonchev–Trinajstić information content (AvgIpc) is 3.27. The summed E-state index contributed by atoms with van der Waals surface area (Å²) in [6.07, 6.45) is 1.51. The highest BCUT2D eigenvalue weighted by atomic mass is 16.5. The highest BCUT2D eigenvalue weighted by Gasteiger charge is 2.20. The molecule has 2 aromatic carbocycles. The van der Waals surface area contributed by atoms with E-state index >= 15 is 0 Å². The molecule has 0 aliphatic rings. The van der Waals surface area contributed by atoms with E-state index in [-0.39, 0.29) is 22.9 Å². The summed E-state index contributed by atoms with van der Waals surface area (Å²) in [5.41, 5.74) is 1.31. The Bertz CT molecular complexity index is 1340. The van der Waals surface area contributed by atoms with Crippen molar-refractivity contribution in [3.63, 3.8) is 0 Å². The smallest absolute Gasteiger partial charge is 0.269 e. The van der Waals surface area contributed by atoms with E-state index < -0.39 is 0 Å². The number of pyridine rings is 1. The Morgan fingerprint density at radius 3 is 2.39 bits per heavy atom. The average molecular weight is 444 g/mol. The lowest BCUT2D eigenvalue weighted by molar-refractivity contribution is 0.0957. The molecule has 0 spiro atoms. The number of carbonyl (C=O) groups is 2. The van der Waals surface area contributed by atoms with Crippen LogP contribution in [0.25, 0.3) is 10.8 Å². The molecule has 2 heterocycles. The SMILES string of the molecule is CNC(=O)c1cc(Oc2ccc3ccc(C(=O)Nc4cc(C(C)(C)C)no4)cc3c2)ccn1. The predicted octanol–water partition coefficient (Wildman–Crippen LogP) is 4.92. The fourth-order valence-electron chi connectivity index (χ4n) is 3.16. The van der Waals surface area contributed by atoms with E-state index in [0.29, 0.717) is 22.9 Å². The second-order valence-corrected chi connectivity index (χ2v) is 8.56. The number of hydrogen-bond acceptors (Lipinski definition) is 6. The number of amides is 2. The van der Waals surface area contributed by atoms with Gasteiger partial charge in [-0.15, -0.1) is 0 Å². The van der Waals surface area contributed by atoms with Crippen LogP contribution in [0.5, 0.6) is 11.5 Å². The van der Waals surface area contributed by atoms with E-state index in [2.05, 4.69) is 20.8 Å². The molecule has 0 atom stereocenters. The molecule has 0 aliphatic heterocycles. The number of aromatic nitrogens is 2. The first-order chi connectivity index (χ1) is 15.7. The van der Waals surface area contributed by atoms with Gasteiger partial charge in [0.2, 0.25) is 5.88 Å². The Morgan fingerprint density at radius 1 is 0.909 bits per heavy atom. The van der Waals surface area contributed by atoms with Crippen LogP contribution in [0, 0.1) is 0 Å². The third-order valence-electron chi connectivity index (χ3n) is 5.02. The molecular formula is C25H24N4O4. The van der Waals surface area contributed by atoms with Gasteiger partial charge in [0.15, 0.2) is 0 Å². The first-order valence-corrected chi connectivity index (χ1v) is 10.4. The Balaban J connectivity index is 1.54. The van der Waals surface area contributed by atoms with Crippen molar-refractivity contribution in [1.29, 1.82) is 0 Å². The minimum absolute atomic E-state index is 0.179. The van der Waals surface area contributed by atoms with Crippen LogP contribution in [0.2, 0.25) is 0 Å². The minimum Gasteiger partial charge on any atom is -0.457 e. The molecule has 0 aliphatic carbocycles. The largest absolute Gasteiger partial charge is 0.457 e. The highest BCUT2D eigenvalue weighted by molar-refractivity contribution is 6.06. The maximum absolute atomic E-state index is 12.7. The molecule has 8 nitrogen and oxygen atoms in total. The van der Waals surface area contributed by atoms with Crippen molar-refractivity contribution in [2.24, 2.45) is 0 Å². The van der Waals surface area contributed by atoms with Crippen LogP contribution in [-0.2, 0) is 5.41 Å². The van der Waals surface area contributed by atoms with Crippen molar-refractivity contribution in [2.75, 3.05) is 12.4 Å². The molecule has 4 rings (SSSR count). The highest BCUT2D eigenvalue weighted by Crippen LogP contribution is 2.27. The Labute approximate surface area is 191 Å². The number of carbonyl (C=O) groups excluding carboxylic acids is 2. The van der Waals surface area contributed by atoms with Gasteiger partial charge in [-0.25, -0.2) is 0 Å². The summed E-state index contributed by atoms with van der Waals surface area (Å²) in [4.78, 5) is 28.6. The summed E-state index contributed by atoms with van der Waals surface area (Å²) >= 11 is 0. The predicted molar refractivity (Wildman–Crippen MR) is 125 cm³/mol. The van der Waals surface area contributed by atoms with Gasteiger partial charge in [0.05, 0.1) is 5.69 Å². The Kier molecular flexibility index (Phi) is 5.83. The Morgan fingerprint density at radius 2 is 1.67 bits per heavy atom. The molecule has 2 aromatic heterocycles. The number of ether oxygens (including phenoxy) is 1. The maximum Gasteiger partial charge on any atom is 0.269 e. The van der Waals surface area contributed by atoms with Gasteiger partial charge in [-0.3, -0.25) is 19.9 Å². The quantitative estimate of drug-likeness (QED) is 0.452. The summed E-state index contributed by atoms with van der Waals surface area (Å²) in [6.45, 7) is 6.06. The van der Waals surface area contributed by atoms with Crippen molar-refractivity contribution in [1.82, 2.24) is 15.5 Å². The van der Waals surface area contributed by atoms with E-state index in [1.165, 1.54) is 6.20 Å². The zero-order chi connectivity index (χ0) is 23.6. The molecule has 2 amide bonds. The normalized spacial score (nSPS) is 11.3. The summed E-state index contributed by atoms with van der Waals surface area (Å²) in [7, 11) is 1.54. The molecule has 0 bridgehead atoms. The molecular weight excluding hydrogens is 420 g/mol. The molecule has 0 unspecified atom stereocenters. The molecule has 168 valence electrons. The first kappa shape index (κ1) is 22.0. The fraction of sp³-hybridized carbons (Fsp3) is 0.200. The zero-order valence-corrected chi connectivity index (χ0v) is 18.8. The Hall–Kier alpha value is -4.20. The van der Waals surface area contributed by atoms with Crippen molar-refractivity contribution in [3.05, 3.63) is 77.7 Å². The molecule has 0 radical (unpaired) electrons. The molecule has 33 heavy (non-hydrogen) atoms. The van der Waals surface area contributed by atoms with E-state index in [9.17, 15) is 9.59 Å². The van der Waals surface area contributed by atoms with Crippen LogP contribution in [0.4, 0.5) is 5.88 Å². The van der Waals surface area contributed by atoms with Crippen molar-refractivity contribution in [3.8, 4) is 11.5 Å². The van der Waals surface area contributed by atoms with E-state index in [1.54, 1.807) is 37.4 Å². The molecule has 0 fully saturated rings. The second-order valence-electron chi connectivity index (χ2n) is 8.56. The topological polar surface area (TPSA) is 106 Å². The van der Waals surface area contributed by atoms with E-state index in [0.717, 1.165) is 16.5 Å². The molecule has 0 saturated carbocycles. The van der Waals surface area contributed by atoms with Gasteiger partial charge in [0, 0.05) is 36.4 Å². The van der Waals surface area contributed by atoms with Gasteiger partial charge in [0.25, 0.3) is 11.8 Å². The lowest BCUT2D eigenvalue weighted by Gasteiger charge is -2.12. The minimum atomic E-state index is -0.302. The van der Waals surface area contributed by atoms with Gasteiger partial charge in [-0.2, -0.15) is 0 Å². The fourth-order valence-corrected chi connectivity index (χ4v) is 3.16. The van der Waals surface area contributed by atoms with Gasteiger partial charge in [-0.05, 0) is 41.1 Å². The number of hydrogen-bond donors (Lipinski definition) is 2. The maximum atomic E-state index is 12.7. The standard InChI is InChI=1S/C25H24N4O4/c1-25(2,3)21-14-22(33-29-21)28-23(30)16-6-5-15-7-8-18(12-17(15)11-16)32-19-9-10-27-20(13-19)24(31)26-4/h5-14H,1-4H3,(H,26,31)(H,28,30). The van der Waals surface area contributed by atoms with E-state index in [4.69, 9.17) is 9.26 Å². The molecule has 8 heteroatoms. The van der Waals surface area contributed by atoms with Crippen LogP contribution in [0.1, 0.15) is 47.3 Å². The number of fused-ring (bicyclic) bond motifs is 1. The van der Waals surface area contributed by atoms with Crippen LogP contribution in [-0.4, -0.2) is 29.0 Å². The van der Waals surface area contributed by atoms with Crippen LogP contribution < -0.4 is 15.4 Å². The van der Waals surface area contributed by atoms with Crippen LogP contribution in [0.15, 0.2) is 65.3 Å². The van der Waals surface area contributed by atoms with Gasteiger partial charge >= 0.3 is 0 Å². The van der Waals surface area contributed by atoms with Crippen molar-refractivity contribution in [2.45, 2.75) is 26.2 Å². The lowest BCUT2D eigenvalue weighted by atomic mass is 9.92. The number of rotatable bonds is 5. The van der Waals surface area contributed by atoms with E-state index in [1.807, 2.05) is 45.0 Å². The van der Waals surface area contributed by atoms with Gasteiger partial charge < -0.3 is 14.6 Å².